The van der Waals surface area contributed by atoms with E-state index in [0.717, 1.165) is 25.7 Å². The van der Waals surface area contributed by atoms with Gasteiger partial charge in [0.25, 0.3) is 11.5 Å². The minimum Gasteiger partial charge on any atom is -0.448 e. The Morgan fingerprint density at radius 2 is 1.85 bits per heavy atom. The van der Waals surface area contributed by atoms with Crippen molar-refractivity contribution in [3.05, 3.63) is 40.3 Å². The number of fused-ring (bicyclic) bond motifs is 1. The molecule has 0 bridgehead atoms. The van der Waals surface area contributed by atoms with Crippen LogP contribution in [0.5, 0.6) is 0 Å². The molecule has 0 unspecified atom stereocenters. The molecule has 1 amide bonds. The van der Waals surface area contributed by atoms with E-state index in [1.165, 1.54) is 6.42 Å². The van der Waals surface area contributed by atoms with Gasteiger partial charge in [-0.3, -0.25) is 9.59 Å². The van der Waals surface area contributed by atoms with Crippen LogP contribution in [0.25, 0.3) is 10.8 Å². The molecule has 1 aromatic carbocycles. The lowest BCUT2D eigenvalue weighted by Crippen LogP contribution is -2.44. The Labute approximate surface area is 151 Å². The number of H-pyrrole nitrogens is 1. The van der Waals surface area contributed by atoms with Crippen LogP contribution in [-0.2, 0) is 9.53 Å². The van der Waals surface area contributed by atoms with Crippen molar-refractivity contribution in [3.63, 3.8) is 0 Å². The molecule has 1 fully saturated rings. The van der Waals surface area contributed by atoms with Gasteiger partial charge in [0.1, 0.15) is 0 Å². The Hall–Kier alpha value is -2.70. The number of benzene rings is 1. The van der Waals surface area contributed by atoms with E-state index in [2.05, 4.69) is 10.2 Å². The molecule has 7 nitrogen and oxygen atoms in total. The molecular formula is C19H23N3O4. The molecule has 1 saturated carbocycles. The van der Waals surface area contributed by atoms with Crippen LogP contribution in [0, 0.1) is 0 Å². The van der Waals surface area contributed by atoms with E-state index in [1.807, 2.05) is 0 Å². The minimum atomic E-state index is -0.915. The standard InChI is InChI=1S/C19H23N3O4/c1-12(18(24)22(2)13-8-4-3-5-9-13)26-19(25)16-14-10-6-7-11-15(14)17(23)21-20-16/h6-7,10-13H,3-5,8-9H2,1-2H3,(H,21,23)/t12-/m0/s1. The van der Waals surface area contributed by atoms with Gasteiger partial charge < -0.3 is 9.64 Å². The summed E-state index contributed by atoms with van der Waals surface area (Å²) in [6.07, 6.45) is 4.48. The van der Waals surface area contributed by atoms with Gasteiger partial charge in [-0.25, -0.2) is 9.89 Å². The van der Waals surface area contributed by atoms with E-state index >= 15 is 0 Å². The summed E-state index contributed by atoms with van der Waals surface area (Å²) in [5, 5.41) is 6.87. The highest BCUT2D eigenvalue weighted by molar-refractivity contribution is 6.02. The summed E-state index contributed by atoms with van der Waals surface area (Å²) < 4.78 is 5.34. The molecule has 7 heteroatoms. The number of hydrogen-bond acceptors (Lipinski definition) is 5. The fraction of sp³-hybridized carbons (Fsp3) is 0.474. The van der Waals surface area contributed by atoms with E-state index in [4.69, 9.17) is 4.74 Å². The largest absolute Gasteiger partial charge is 0.448 e. The van der Waals surface area contributed by atoms with Crippen LogP contribution in [0.3, 0.4) is 0 Å². The third-order valence-electron chi connectivity index (χ3n) is 4.99. The Morgan fingerprint density at radius 3 is 2.54 bits per heavy atom. The molecule has 1 aromatic heterocycles. The topological polar surface area (TPSA) is 92.4 Å². The molecule has 2 aromatic rings. The van der Waals surface area contributed by atoms with Crippen LogP contribution < -0.4 is 5.56 Å². The van der Waals surface area contributed by atoms with Crippen LogP contribution in [0.15, 0.2) is 29.1 Å². The maximum absolute atomic E-state index is 12.6. The molecule has 0 aliphatic heterocycles. The first-order valence-electron chi connectivity index (χ1n) is 8.94. The fourth-order valence-electron chi connectivity index (χ4n) is 3.47. The van der Waals surface area contributed by atoms with Crippen LogP contribution >= 0.6 is 0 Å². The van der Waals surface area contributed by atoms with Crippen LogP contribution in [0.1, 0.15) is 49.5 Å². The second-order valence-electron chi connectivity index (χ2n) is 6.74. The Morgan fingerprint density at radius 1 is 1.19 bits per heavy atom. The normalized spacial score (nSPS) is 16.2. The summed E-state index contributed by atoms with van der Waals surface area (Å²) in [5.41, 5.74) is -0.376. The number of ether oxygens (including phenoxy) is 1. The molecule has 1 aliphatic carbocycles. The number of rotatable bonds is 4. The number of aromatic nitrogens is 2. The monoisotopic (exact) mass is 357 g/mol. The molecule has 1 heterocycles. The van der Waals surface area contributed by atoms with Crippen molar-refractivity contribution in [2.45, 2.75) is 51.2 Å². The predicted molar refractivity (Wildman–Crippen MR) is 96.9 cm³/mol. The summed E-state index contributed by atoms with van der Waals surface area (Å²) in [5.74, 6) is -0.950. The minimum absolute atomic E-state index is 0.000157. The SMILES string of the molecule is C[C@H](OC(=O)c1n[nH]c(=O)c2ccccc12)C(=O)N(C)C1CCCCC1. The number of likely N-dealkylation sites (N-methyl/N-ethyl adjacent to an activating group) is 1. The fourth-order valence-corrected chi connectivity index (χ4v) is 3.47. The van der Waals surface area contributed by atoms with E-state index in [1.54, 1.807) is 43.1 Å². The Balaban J connectivity index is 1.74. The molecule has 0 radical (unpaired) electrons. The third kappa shape index (κ3) is 3.61. The smallest absolute Gasteiger partial charge is 0.360 e. The molecule has 138 valence electrons. The lowest BCUT2D eigenvalue weighted by atomic mass is 9.94. The number of hydrogen-bond donors (Lipinski definition) is 1. The average Bonchev–Trinajstić information content (AvgIpc) is 2.67. The number of esters is 1. The number of aromatic amines is 1. The lowest BCUT2D eigenvalue weighted by molar-refractivity contribution is -0.141. The highest BCUT2D eigenvalue weighted by Crippen LogP contribution is 2.22. The average molecular weight is 357 g/mol. The first kappa shape index (κ1) is 18.1. The number of nitrogens with zero attached hydrogens (tertiary/aromatic N) is 2. The molecule has 1 N–H and O–H groups in total. The van der Waals surface area contributed by atoms with E-state index in [9.17, 15) is 14.4 Å². The predicted octanol–water partition coefficient (Wildman–Crippen LogP) is 2.26. The van der Waals surface area contributed by atoms with Crippen LogP contribution in [-0.4, -0.2) is 46.2 Å². The van der Waals surface area contributed by atoms with Gasteiger partial charge in [0.2, 0.25) is 0 Å². The van der Waals surface area contributed by atoms with E-state index in [0.29, 0.717) is 10.8 Å². The second kappa shape index (κ2) is 7.68. The van der Waals surface area contributed by atoms with Gasteiger partial charge in [-0.15, -0.1) is 0 Å². The maximum atomic E-state index is 12.6. The Kier molecular flexibility index (Phi) is 5.35. The number of nitrogens with one attached hydrogen (secondary N) is 1. The summed E-state index contributed by atoms with van der Waals surface area (Å²) in [7, 11) is 1.76. The summed E-state index contributed by atoms with van der Waals surface area (Å²) in [6.45, 7) is 1.56. The third-order valence-corrected chi connectivity index (χ3v) is 4.99. The lowest BCUT2D eigenvalue weighted by Gasteiger charge is -2.32. The van der Waals surface area contributed by atoms with Crippen molar-refractivity contribution in [2.75, 3.05) is 7.05 Å². The van der Waals surface area contributed by atoms with Crippen molar-refractivity contribution in [1.82, 2.24) is 15.1 Å². The van der Waals surface area contributed by atoms with Crippen molar-refractivity contribution in [1.29, 1.82) is 0 Å². The highest BCUT2D eigenvalue weighted by Gasteiger charge is 2.28. The Bertz CT molecular complexity index is 870. The molecule has 0 saturated heterocycles. The van der Waals surface area contributed by atoms with Gasteiger partial charge in [-0.05, 0) is 25.8 Å². The van der Waals surface area contributed by atoms with Gasteiger partial charge in [0.15, 0.2) is 11.8 Å². The van der Waals surface area contributed by atoms with Gasteiger partial charge >= 0.3 is 5.97 Å². The van der Waals surface area contributed by atoms with Gasteiger partial charge in [0, 0.05) is 18.5 Å². The molecule has 26 heavy (non-hydrogen) atoms. The van der Waals surface area contributed by atoms with Crippen molar-refractivity contribution in [3.8, 4) is 0 Å². The van der Waals surface area contributed by atoms with Crippen LogP contribution in [0.2, 0.25) is 0 Å². The van der Waals surface area contributed by atoms with Gasteiger partial charge in [0.05, 0.1) is 5.39 Å². The quantitative estimate of drug-likeness (QED) is 0.848. The van der Waals surface area contributed by atoms with Crippen molar-refractivity contribution < 1.29 is 14.3 Å². The van der Waals surface area contributed by atoms with Gasteiger partial charge in [-0.1, -0.05) is 37.5 Å². The summed E-state index contributed by atoms with van der Waals surface area (Å²) in [4.78, 5) is 38.6. The molecular weight excluding hydrogens is 334 g/mol. The van der Waals surface area contributed by atoms with Crippen molar-refractivity contribution >= 4 is 22.6 Å². The number of carbonyl (C=O) groups is 2. The van der Waals surface area contributed by atoms with E-state index < -0.39 is 12.1 Å². The zero-order valence-corrected chi connectivity index (χ0v) is 15.0. The molecule has 1 atom stereocenters. The maximum Gasteiger partial charge on any atom is 0.360 e. The molecule has 3 rings (SSSR count). The number of amides is 1. The van der Waals surface area contributed by atoms with E-state index in [-0.39, 0.29) is 23.2 Å². The zero-order valence-electron chi connectivity index (χ0n) is 15.0. The summed E-state index contributed by atoms with van der Waals surface area (Å²) >= 11 is 0. The second-order valence-corrected chi connectivity index (χ2v) is 6.74. The summed E-state index contributed by atoms with van der Waals surface area (Å²) in [6, 6.07) is 6.86. The molecule has 1 aliphatic rings. The highest BCUT2D eigenvalue weighted by atomic mass is 16.5. The van der Waals surface area contributed by atoms with Gasteiger partial charge in [-0.2, -0.15) is 5.10 Å². The zero-order chi connectivity index (χ0) is 18.7. The molecule has 0 spiro atoms. The van der Waals surface area contributed by atoms with Crippen LogP contribution in [0.4, 0.5) is 0 Å². The van der Waals surface area contributed by atoms with Crippen molar-refractivity contribution in [2.24, 2.45) is 0 Å². The first-order valence-corrected chi connectivity index (χ1v) is 8.94. The number of carbonyl (C=O) groups excluding carboxylic acids is 2. The first-order chi connectivity index (χ1) is 12.5.